The number of hydrogen-bond donors (Lipinski definition) is 0. The van der Waals surface area contributed by atoms with Crippen molar-refractivity contribution in [2.45, 2.75) is 46.2 Å². The van der Waals surface area contributed by atoms with Crippen molar-refractivity contribution in [1.82, 2.24) is 29.3 Å². The van der Waals surface area contributed by atoms with E-state index in [4.69, 9.17) is 15.3 Å². The van der Waals surface area contributed by atoms with Crippen LogP contribution in [0.1, 0.15) is 34.2 Å². The molecule has 0 saturated heterocycles. The van der Waals surface area contributed by atoms with Gasteiger partial charge in [0.2, 0.25) is 0 Å². The van der Waals surface area contributed by atoms with Gasteiger partial charge in [0.15, 0.2) is 0 Å². The molecule has 0 N–H and O–H groups in total. The summed E-state index contributed by atoms with van der Waals surface area (Å²) >= 11 is 0.272. The van der Waals surface area contributed by atoms with E-state index >= 15 is 0 Å². The fourth-order valence-electron chi connectivity index (χ4n) is 3.33. The Bertz CT molecular complexity index is 891. The molecule has 143 valence electrons. The molecule has 6 nitrogen and oxygen atoms in total. The second-order valence-corrected chi connectivity index (χ2v) is 8.26. The molecule has 3 aromatic rings. The Morgan fingerprint density at radius 2 is 1.15 bits per heavy atom. The number of allylic oxidation sites excluding steroid dienone is 2. The third kappa shape index (κ3) is 3.33. The SMILES string of the molecule is C=CC=[CH][Mn][C](n1nc(C)cc1C)(n1nc(C)cc1C)n1nc(C)cc1C. The van der Waals surface area contributed by atoms with Gasteiger partial charge in [-0.15, -0.1) is 0 Å². The van der Waals surface area contributed by atoms with Crippen LogP contribution in [-0.2, 0) is 19.6 Å². The molecule has 7 heteroatoms. The normalized spacial score (nSPS) is 12.2. The predicted octanol–water partition coefficient (Wildman–Crippen LogP) is 3.57. The van der Waals surface area contributed by atoms with Gasteiger partial charge in [0, 0.05) is 0 Å². The van der Waals surface area contributed by atoms with E-state index in [-0.39, 0.29) is 15.0 Å². The van der Waals surface area contributed by atoms with Gasteiger partial charge in [-0.25, -0.2) is 0 Å². The minimum absolute atomic E-state index is 0.272. The van der Waals surface area contributed by atoms with Crippen molar-refractivity contribution in [1.29, 1.82) is 0 Å². The van der Waals surface area contributed by atoms with Crippen molar-refractivity contribution in [2.75, 3.05) is 0 Å². The van der Waals surface area contributed by atoms with Crippen molar-refractivity contribution < 1.29 is 15.0 Å². The Hall–Kier alpha value is -2.37. The molecule has 3 aromatic heterocycles. The van der Waals surface area contributed by atoms with Crippen LogP contribution >= 0.6 is 0 Å². The van der Waals surface area contributed by atoms with Gasteiger partial charge in [-0.2, -0.15) is 0 Å². The fourth-order valence-corrected chi connectivity index (χ4v) is 5.10. The van der Waals surface area contributed by atoms with Crippen molar-refractivity contribution in [2.24, 2.45) is 0 Å². The monoisotopic (exact) mass is 405 g/mol. The third-order valence-electron chi connectivity index (χ3n) is 4.26. The van der Waals surface area contributed by atoms with E-state index in [0.717, 1.165) is 34.2 Å². The van der Waals surface area contributed by atoms with Gasteiger partial charge in [0.05, 0.1) is 0 Å². The summed E-state index contributed by atoms with van der Waals surface area (Å²) < 4.78 is 5.43. The van der Waals surface area contributed by atoms with Gasteiger partial charge in [-0.1, -0.05) is 0 Å². The van der Waals surface area contributed by atoms with E-state index in [0.29, 0.717) is 0 Å². The number of aromatic nitrogens is 6. The molecule has 0 saturated carbocycles. The average Bonchev–Trinajstić information content (AvgIpc) is 3.22. The Balaban J connectivity index is 2.42. The van der Waals surface area contributed by atoms with E-state index in [2.05, 4.69) is 64.6 Å². The van der Waals surface area contributed by atoms with E-state index in [1.807, 2.05) is 26.8 Å². The van der Waals surface area contributed by atoms with Crippen molar-refractivity contribution in [3.05, 3.63) is 76.1 Å². The maximum absolute atomic E-state index is 4.86. The summed E-state index contributed by atoms with van der Waals surface area (Å²) in [6, 6.07) is 6.27. The minimum atomic E-state index is -0.724. The number of aryl methyl sites for hydroxylation is 6. The Morgan fingerprint density at radius 1 is 0.778 bits per heavy atom. The predicted molar refractivity (Wildman–Crippen MR) is 103 cm³/mol. The summed E-state index contributed by atoms with van der Waals surface area (Å²) in [7, 11) is 0. The van der Waals surface area contributed by atoms with Crippen LogP contribution in [0, 0.1) is 41.5 Å². The summed E-state index contributed by atoms with van der Waals surface area (Å²) in [5.74, 6) is 0. The summed E-state index contributed by atoms with van der Waals surface area (Å²) in [4.78, 5) is 2.12. The van der Waals surface area contributed by atoms with Gasteiger partial charge in [-0.05, 0) is 0 Å². The zero-order chi connectivity index (χ0) is 19.8. The summed E-state index contributed by atoms with van der Waals surface area (Å²) in [6.07, 6.45) is 3.76. The van der Waals surface area contributed by atoms with Gasteiger partial charge < -0.3 is 0 Å². The van der Waals surface area contributed by atoms with Crippen LogP contribution < -0.4 is 0 Å². The molecule has 0 aliphatic heterocycles. The number of hydrogen-bond acceptors (Lipinski definition) is 3. The first-order valence-electron chi connectivity index (χ1n) is 8.83. The van der Waals surface area contributed by atoms with E-state index in [1.54, 1.807) is 6.08 Å². The molecule has 0 amide bonds. The van der Waals surface area contributed by atoms with Crippen LogP contribution in [0.4, 0.5) is 0 Å². The molecule has 0 bridgehead atoms. The second-order valence-electron chi connectivity index (χ2n) is 6.73. The van der Waals surface area contributed by atoms with Crippen molar-refractivity contribution in [3.8, 4) is 0 Å². The molecule has 0 atom stereocenters. The van der Waals surface area contributed by atoms with Crippen LogP contribution in [0.2, 0.25) is 0 Å². The van der Waals surface area contributed by atoms with E-state index < -0.39 is 4.69 Å². The molecule has 3 heterocycles. The quantitative estimate of drug-likeness (QED) is 0.465. The summed E-state index contributed by atoms with van der Waals surface area (Å²) in [5.41, 5.74) is 6.10. The van der Waals surface area contributed by atoms with Crippen LogP contribution in [0.5, 0.6) is 0 Å². The fraction of sp³-hybridized carbons (Fsp3) is 0.350. The zero-order valence-corrected chi connectivity index (χ0v) is 17.9. The molecule has 0 aliphatic rings. The summed E-state index contributed by atoms with van der Waals surface area (Å²) in [6.45, 7) is 16.1. The molecule has 0 aromatic carbocycles. The van der Waals surface area contributed by atoms with Crippen molar-refractivity contribution >= 4 is 0 Å². The third-order valence-corrected chi connectivity index (χ3v) is 5.89. The molecular weight excluding hydrogens is 379 g/mol. The Morgan fingerprint density at radius 3 is 1.41 bits per heavy atom. The zero-order valence-electron chi connectivity index (χ0n) is 16.7. The molecule has 0 aliphatic carbocycles. The molecule has 0 spiro atoms. The average molecular weight is 405 g/mol. The molecule has 0 unspecified atom stereocenters. The standard InChI is InChI=1S/C16H21N6.C4H5.Mn/c1-10-7-13(4)20(17-10)16(21-14(5)8-11(2)18-21)22-15(6)9-12(3)19-22;1-3-4-2;/h7-9H,1-6H3;1,3-4H,2H2;. The first kappa shape index (κ1) is 19.4. The van der Waals surface area contributed by atoms with Crippen LogP contribution in [0.25, 0.3) is 0 Å². The van der Waals surface area contributed by atoms with E-state index in [1.165, 1.54) is 0 Å². The molecule has 0 fully saturated rings. The Labute approximate surface area is 166 Å². The van der Waals surface area contributed by atoms with E-state index in [9.17, 15) is 0 Å². The molecule has 3 rings (SSSR count). The van der Waals surface area contributed by atoms with Gasteiger partial charge in [0.25, 0.3) is 0 Å². The van der Waals surface area contributed by atoms with Gasteiger partial charge in [0.1, 0.15) is 0 Å². The first-order valence-corrected chi connectivity index (χ1v) is 10.1. The van der Waals surface area contributed by atoms with Gasteiger partial charge in [-0.3, -0.25) is 0 Å². The van der Waals surface area contributed by atoms with Gasteiger partial charge >= 0.3 is 167 Å². The summed E-state index contributed by atoms with van der Waals surface area (Å²) in [5, 5.41) is 14.6. The molecular formula is C20H26MnN6. The topological polar surface area (TPSA) is 53.5 Å². The Kier molecular flexibility index (Phi) is 5.26. The maximum atomic E-state index is 4.86. The van der Waals surface area contributed by atoms with Crippen LogP contribution in [0.15, 0.2) is 41.9 Å². The van der Waals surface area contributed by atoms with Crippen LogP contribution in [-0.4, -0.2) is 29.3 Å². The van der Waals surface area contributed by atoms with Crippen LogP contribution in [0.3, 0.4) is 0 Å². The van der Waals surface area contributed by atoms with Crippen molar-refractivity contribution in [3.63, 3.8) is 0 Å². The number of rotatable bonds is 6. The molecule has 27 heavy (non-hydrogen) atoms. The number of nitrogens with zero attached hydrogens (tertiary/aromatic N) is 6. The first-order chi connectivity index (χ1) is 12.8. The molecule has 0 radical (unpaired) electrons. The second kappa shape index (κ2) is 7.33.